The Labute approximate surface area is 134 Å². The predicted molar refractivity (Wildman–Crippen MR) is 87.1 cm³/mol. The smallest absolute Gasteiger partial charge is 0.269 e. The zero-order chi connectivity index (χ0) is 16.4. The molecular weight excluding hydrogens is 294 g/mol. The van der Waals surface area contributed by atoms with Gasteiger partial charge in [-0.15, -0.1) is 0 Å². The first-order valence-electron chi connectivity index (χ1n) is 7.72. The number of carbonyl (C=O) groups excluding carboxylic acids is 1. The molecule has 0 unspecified atom stereocenters. The van der Waals surface area contributed by atoms with Crippen LogP contribution < -0.4 is 5.32 Å². The van der Waals surface area contributed by atoms with Crippen LogP contribution in [-0.2, 0) is 11.9 Å². The Morgan fingerprint density at radius 1 is 1.57 bits per heavy atom. The second kappa shape index (κ2) is 6.28. The number of nitrogens with one attached hydrogen (secondary N) is 2. The Morgan fingerprint density at radius 3 is 3.04 bits per heavy atom. The van der Waals surface area contributed by atoms with Gasteiger partial charge in [0.05, 0.1) is 18.0 Å². The van der Waals surface area contributed by atoms with Crippen LogP contribution in [0.3, 0.4) is 0 Å². The highest BCUT2D eigenvalue weighted by molar-refractivity contribution is 5.93. The van der Waals surface area contributed by atoms with Crippen molar-refractivity contribution in [1.82, 2.24) is 20.1 Å². The van der Waals surface area contributed by atoms with Gasteiger partial charge >= 0.3 is 0 Å². The normalized spacial score (nSPS) is 17.2. The number of hydrogen-bond donors (Lipinski definition) is 2. The second-order valence-corrected chi connectivity index (χ2v) is 6.05. The van der Waals surface area contributed by atoms with E-state index in [4.69, 9.17) is 4.84 Å². The third kappa shape index (κ3) is 3.28. The molecule has 122 valence electrons. The van der Waals surface area contributed by atoms with Crippen LogP contribution in [0.5, 0.6) is 0 Å². The van der Waals surface area contributed by atoms with Gasteiger partial charge in [0, 0.05) is 19.7 Å². The molecule has 2 N–H and O–H groups in total. The van der Waals surface area contributed by atoms with E-state index in [0.29, 0.717) is 18.2 Å². The van der Waals surface area contributed by atoms with Crippen LogP contribution in [0, 0.1) is 5.92 Å². The molecule has 3 heterocycles. The highest BCUT2D eigenvalue weighted by Gasteiger charge is 2.23. The van der Waals surface area contributed by atoms with Gasteiger partial charge in [-0.1, -0.05) is 19.0 Å². The molecule has 7 heteroatoms. The number of nitrogens with zero attached hydrogens (tertiary/aromatic N) is 3. The van der Waals surface area contributed by atoms with Gasteiger partial charge in [0.2, 0.25) is 0 Å². The van der Waals surface area contributed by atoms with Crippen molar-refractivity contribution in [3.8, 4) is 11.4 Å². The van der Waals surface area contributed by atoms with Crippen molar-refractivity contribution in [2.24, 2.45) is 18.1 Å². The van der Waals surface area contributed by atoms with Crippen LogP contribution in [0.15, 0.2) is 29.6 Å². The van der Waals surface area contributed by atoms with E-state index in [0.717, 1.165) is 23.5 Å². The lowest BCUT2D eigenvalue weighted by molar-refractivity contribution is 0.0751. The topological polar surface area (TPSA) is 84.3 Å². The highest BCUT2D eigenvalue weighted by atomic mass is 16.6. The summed E-state index contributed by atoms with van der Waals surface area (Å²) >= 11 is 0. The minimum Gasteiger partial charge on any atom is -0.390 e. The number of aromatic nitrogens is 3. The molecule has 3 rings (SSSR count). The van der Waals surface area contributed by atoms with Gasteiger partial charge in [-0.3, -0.25) is 9.89 Å². The quantitative estimate of drug-likeness (QED) is 0.884. The lowest BCUT2D eigenvalue weighted by Crippen LogP contribution is -2.32. The van der Waals surface area contributed by atoms with E-state index in [1.165, 1.54) is 0 Å². The molecule has 0 aromatic carbocycles. The number of aryl methyl sites for hydroxylation is 1. The minimum atomic E-state index is -0.195. The summed E-state index contributed by atoms with van der Waals surface area (Å²) < 4.78 is 1.95. The Kier molecular flexibility index (Phi) is 4.18. The van der Waals surface area contributed by atoms with Crippen molar-refractivity contribution in [3.05, 3.63) is 30.1 Å². The van der Waals surface area contributed by atoms with E-state index in [2.05, 4.69) is 34.5 Å². The SMILES string of the molecule is CC(C)C1=NO[C@@H](CNC(=O)c2cc(-c3cccn3C)n[nH]2)C1. The fourth-order valence-electron chi connectivity index (χ4n) is 2.50. The van der Waals surface area contributed by atoms with Gasteiger partial charge in [0.25, 0.3) is 5.91 Å². The molecule has 1 aliphatic rings. The van der Waals surface area contributed by atoms with Crippen molar-refractivity contribution in [3.63, 3.8) is 0 Å². The van der Waals surface area contributed by atoms with Crippen molar-refractivity contribution < 1.29 is 9.63 Å². The molecule has 23 heavy (non-hydrogen) atoms. The van der Waals surface area contributed by atoms with Gasteiger partial charge in [-0.05, 0) is 24.1 Å². The van der Waals surface area contributed by atoms with Crippen LogP contribution in [-0.4, -0.2) is 39.0 Å². The van der Waals surface area contributed by atoms with Crippen LogP contribution in [0.2, 0.25) is 0 Å². The maximum atomic E-state index is 12.2. The second-order valence-electron chi connectivity index (χ2n) is 6.05. The largest absolute Gasteiger partial charge is 0.390 e. The number of aromatic amines is 1. The molecule has 0 spiro atoms. The lowest BCUT2D eigenvalue weighted by atomic mass is 10.0. The summed E-state index contributed by atoms with van der Waals surface area (Å²) in [5, 5.41) is 13.9. The van der Waals surface area contributed by atoms with Gasteiger partial charge in [0.1, 0.15) is 17.5 Å². The minimum absolute atomic E-state index is 0.0911. The zero-order valence-electron chi connectivity index (χ0n) is 13.5. The third-order valence-corrected chi connectivity index (χ3v) is 3.94. The van der Waals surface area contributed by atoms with Gasteiger partial charge in [-0.2, -0.15) is 5.10 Å². The lowest BCUT2D eigenvalue weighted by Gasteiger charge is -2.09. The van der Waals surface area contributed by atoms with Crippen molar-refractivity contribution in [2.75, 3.05) is 6.54 Å². The van der Waals surface area contributed by atoms with Gasteiger partial charge in [0.15, 0.2) is 0 Å². The van der Waals surface area contributed by atoms with Crippen LogP contribution in [0.4, 0.5) is 0 Å². The molecule has 7 nitrogen and oxygen atoms in total. The highest BCUT2D eigenvalue weighted by Crippen LogP contribution is 2.18. The Balaban J connectivity index is 1.56. The van der Waals surface area contributed by atoms with E-state index in [1.54, 1.807) is 6.07 Å². The molecule has 0 saturated carbocycles. The number of amides is 1. The predicted octanol–water partition coefficient (Wildman–Crippen LogP) is 1.95. The van der Waals surface area contributed by atoms with Crippen LogP contribution in [0.25, 0.3) is 11.4 Å². The molecule has 0 fully saturated rings. The average molecular weight is 315 g/mol. The number of rotatable bonds is 5. The molecule has 1 amide bonds. The first kappa shape index (κ1) is 15.3. The van der Waals surface area contributed by atoms with Crippen molar-refractivity contribution in [2.45, 2.75) is 26.4 Å². The Morgan fingerprint density at radius 2 is 2.39 bits per heavy atom. The summed E-state index contributed by atoms with van der Waals surface area (Å²) in [5.41, 5.74) is 3.17. The Hall–Kier alpha value is -2.57. The fourth-order valence-corrected chi connectivity index (χ4v) is 2.50. The zero-order valence-corrected chi connectivity index (χ0v) is 13.5. The maximum Gasteiger partial charge on any atom is 0.269 e. The van der Waals surface area contributed by atoms with E-state index >= 15 is 0 Å². The third-order valence-electron chi connectivity index (χ3n) is 3.94. The summed E-state index contributed by atoms with van der Waals surface area (Å²) in [6.45, 7) is 4.59. The van der Waals surface area contributed by atoms with Gasteiger partial charge in [-0.25, -0.2) is 0 Å². The molecule has 1 atom stereocenters. The maximum absolute atomic E-state index is 12.2. The average Bonchev–Trinajstić information content (AvgIpc) is 3.24. The monoisotopic (exact) mass is 315 g/mol. The standard InChI is InChI=1S/C16H21N5O2/c1-10(2)12-7-11(23-20-12)9-17-16(22)14-8-13(18-19-14)15-5-4-6-21(15)3/h4-6,8,10-11H,7,9H2,1-3H3,(H,17,22)(H,18,19)/t11-/m1/s1. The number of H-pyrrole nitrogens is 1. The summed E-state index contributed by atoms with van der Waals surface area (Å²) in [7, 11) is 1.94. The number of oxime groups is 1. The van der Waals surface area contributed by atoms with Crippen LogP contribution in [0.1, 0.15) is 30.8 Å². The molecular formula is C16H21N5O2. The number of hydrogen-bond acceptors (Lipinski definition) is 4. The molecule has 0 saturated heterocycles. The van der Waals surface area contributed by atoms with E-state index < -0.39 is 0 Å². The first-order chi connectivity index (χ1) is 11.0. The van der Waals surface area contributed by atoms with E-state index in [1.807, 2.05) is 29.9 Å². The first-order valence-corrected chi connectivity index (χ1v) is 7.72. The number of carbonyl (C=O) groups is 1. The van der Waals surface area contributed by atoms with Gasteiger partial charge < -0.3 is 14.7 Å². The molecule has 0 bridgehead atoms. The summed E-state index contributed by atoms with van der Waals surface area (Å²) in [6, 6.07) is 5.64. The van der Waals surface area contributed by atoms with Crippen molar-refractivity contribution in [1.29, 1.82) is 0 Å². The van der Waals surface area contributed by atoms with E-state index in [9.17, 15) is 4.79 Å². The van der Waals surface area contributed by atoms with Crippen LogP contribution >= 0.6 is 0 Å². The summed E-state index contributed by atoms with van der Waals surface area (Å²) in [5.74, 6) is 0.177. The summed E-state index contributed by atoms with van der Waals surface area (Å²) in [6.07, 6.45) is 2.61. The Bertz CT molecular complexity index is 728. The molecule has 0 radical (unpaired) electrons. The molecule has 2 aromatic rings. The molecule has 1 aliphatic heterocycles. The van der Waals surface area contributed by atoms with E-state index in [-0.39, 0.29) is 12.0 Å². The van der Waals surface area contributed by atoms with Crippen molar-refractivity contribution >= 4 is 11.6 Å². The fraction of sp³-hybridized carbons (Fsp3) is 0.438. The molecule has 0 aliphatic carbocycles. The summed E-state index contributed by atoms with van der Waals surface area (Å²) in [4.78, 5) is 17.5. The molecule has 2 aromatic heterocycles.